The maximum absolute atomic E-state index is 12.5. The van der Waals surface area contributed by atoms with E-state index in [-0.39, 0.29) is 5.91 Å². The quantitative estimate of drug-likeness (QED) is 0.559. The van der Waals surface area contributed by atoms with Crippen molar-refractivity contribution in [3.8, 4) is 11.3 Å². The Balaban J connectivity index is 1.49. The summed E-state index contributed by atoms with van der Waals surface area (Å²) in [6.45, 7) is 1.88. The third-order valence-corrected chi connectivity index (χ3v) is 4.36. The van der Waals surface area contributed by atoms with Crippen molar-refractivity contribution in [1.82, 2.24) is 15.6 Å². The van der Waals surface area contributed by atoms with Crippen molar-refractivity contribution in [2.24, 2.45) is 5.10 Å². The molecule has 26 heavy (non-hydrogen) atoms. The summed E-state index contributed by atoms with van der Waals surface area (Å²) in [7, 11) is 0. The van der Waals surface area contributed by atoms with E-state index in [1.54, 1.807) is 12.5 Å². The van der Waals surface area contributed by atoms with Gasteiger partial charge in [-0.2, -0.15) is 10.2 Å². The molecule has 0 fully saturated rings. The van der Waals surface area contributed by atoms with Crippen LogP contribution in [-0.2, 0) is 12.8 Å². The Morgan fingerprint density at radius 2 is 2.15 bits per heavy atom. The summed E-state index contributed by atoms with van der Waals surface area (Å²) in [5.74, 6) is 0.446. The van der Waals surface area contributed by atoms with Crippen molar-refractivity contribution in [2.75, 3.05) is 0 Å². The van der Waals surface area contributed by atoms with E-state index in [0.717, 1.165) is 41.0 Å². The van der Waals surface area contributed by atoms with Crippen LogP contribution in [0.3, 0.4) is 0 Å². The molecule has 0 saturated carbocycles. The monoisotopic (exact) mass is 346 g/mol. The van der Waals surface area contributed by atoms with Gasteiger partial charge in [-0.3, -0.25) is 9.89 Å². The Bertz CT molecular complexity index is 997. The molecule has 0 saturated heterocycles. The van der Waals surface area contributed by atoms with Crippen molar-refractivity contribution in [3.05, 3.63) is 70.8 Å². The number of rotatable bonds is 4. The minimum Gasteiger partial charge on any atom is -0.465 e. The van der Waals surface area contributed by atoms with Crippen LogP contribution in [0.5, 0.6) is 0 Å². The highest BCUT2D eigenvalue weighted by molar-refractivity contribution is 5.96. The summed E-state index contributed by atoms with van der Waals surface area (Å²) < 4.78 is 5.24. The predicted molar refractivity (Wildman–Crippen MR) is 99.7 cm³/mol. The topological polar surface area (TPSA) is 83.3 Å². The van der Waals surface area contributed by atoms with E-state index in [0.29, 0.717) is 5.69 Å². The number of carbonyl (C=O) groups excluding carboxylic acids is 1. The number of furan rings is 1. The van der Waals surface area contributed by atoms with Gasteiger partial charge in [0.05, 0.1) is 18.2 Å². The number of aryl methyl sites for hydroxylation is 1. The average molecular weight is 346 g/mol. The lowest BCUT2D eigenvalue weighted by Gasteiger charge is -2.15. The number of aromatic amines is 1. The molecule has 6 heteroatoms. The van der Waals surface area contributed by atoms with Gasteiger partial charge >= 0.3 is 0 Å². The molecule has 0 aliphatic heterocycles. The van der Waals surface area contributed by atoms with Crippen molar-refractivity contribution < 1.29 is 9.21 Å². The van der Waals surface area contributed by atoms with Gasteiger partial charge in [0.2, 0.25) is 0 Å². The normalized spacial score (nSPS) is 13.5. The molecule has 0 bridgehead atoms. The molecule has 0 atom stereocenters. The van der Waals surface area contributed by atoms with Crippen molar-refractivity contribution in [3.63, 3.8) is 0 Å². The van der Waals surface area contributed by atoms with Crippen LogP contribution in [0.1, 0.15) is 34.3 Å². The number of benzene rings is 1. The van der Waals surface area contributed by atoms with Gasteiger partial charge in [0.1, 0.15) is 11.5 Å². The molecule has 0 unspecified atom stereocenters. The molecule has 4 rings (SSSR count). The molecular weight excluding hydrogens is 328 g/mol. The van der Waals surface area contributed by atoms with Gasteiger partial charge in [-0.15, -0.1) is 0 Å². The standard InChI is InChI=1S/C20H18N4O2/c1-13(11-15-6-4-10-26-15)12-21-24-20(25)19-17-9-8-14-5-2-3-7-16(14)18(17)22-23-19/h2-7,10-12H,8-9H2,1H3,(H,22,23)(H,24,25). The van der Waals surface area contributed by atoms with E-state index < -0.39 is 0 Å². The molecule has 1 amide bonds. The molecule has 0 radical (unpaired) electrons. The molecule has 130 valence electrons. The fourth-order valence-corrected chi connectivity index (χ4v) is 3.13. The first kappa shape index (κ1) is 16.1. The highest BCUT2D eigenvalue weighted by Crippen LogP contribution is 2.33. The molecule has 1 aromatic carbocycles. The van der Waals surface area contributed by atoms with Crippen LogP contribution >= 0.6 is 0 Å². The summed E-state index contributed by atoms with van der Waals surface area (Å²) in [6.07, 6.45) is 6.71. The molecule has 2 heterocycles. The molecular formula is C20H18N4O2. The lowest BCUT2D eigenvalue weighted by atomic mass is 9.89. The van der Waals surface area contributed by atoms with Crippen LogP contribution in [-0.4, -0.2) is 22.3 Å². The van der Waals surface area contributed by atoms with Crippen molar-refractivity contribution in [2.45, 2.75) is 19.8 Å². The highest BCUT2D eigenvalue weighted by atomic mass is 16.3. The second-order valence-electron chi connectivity index (χ2n) is 6.19. The Morgan fingerprint density at radius 3 is 3.00 bits per heavy atom. The number of carbonyl (C=O) groups is 1. The largest absolute Gasteiger partial charge is 0.465 e. The lowest BCUT2D eigenvalue weighted by molar-refractivity contribution is 0.0949. The predicted octanol–water partition coefficient (Wildman–Crippen LogP) is 3.59. The zero-order valence-corrected chi connectivity index (χ0v) is 14.3. The van der Waals surface area contributed by atoms with Gasteiger partial charge in [-0.05, 0) is 49.1 Å². The van der Waals surface area contributed by atoms with Crippen LogP contribution in [0.2, 0.25) is 0 Å². The number of hydrogen-bond donors (Lipinski definition) is 2. The third kappa shape index (κ3) is 3.09. The van der Waals surface area contributed by atoms with Crippen LogP contribution in [0.25, 0.3) is 17.3 Å². The summed E-state index contributed by atoms with van der Waals surface area (Å²) in [6, 6.07) is 11.8. The summed E-state index contributed by atoms with van der Waals surface area (Å²) in [5, 5.41) is 11.2. The molecule has 1 aliphatic rings. The third-order valence-electron chi connectivity index (χ3n) is 4.36. The number of allylic oxidation sites excluding steroid dienone is 1. The van der Waals surface area contributed by atoms with Gasteiger partial charge in [0, 0.05) is 11.1 Å². The second kappa shape index (κ2) is 6.84. The van der Waals surface area contributed by atoms with Crippen LogP contribution < -0.4 is 5.43 Å². The van der Waals surface area contributed by atoms with E-state index in [4.69, 9.17) is 4.42 Å². The SMILES string of the molecule is CC(C=NNC(=O)c1[nH]nc2c1CCc1ccccc1-2)=Cc1ccco1. The zero-order chi connectivity index (χ0) is 17.9. The summed E-state index contributed by atoms with van der Waals surface area (Å²) in [5.41, 5.74) is 8.04. The number of hydrazone groups is 1. The Hall–Kier alpha value is -3.41. The smallest absolute Gasteiger partial charge is 0.289 e. The number of aromatic nitrogens is 2. The first-order chi connectivity index (χ1) is 12.7. The van der Waals surface area contributed by atoms with Crippen LogP contribution in [0.4, 0.5) is 0 Å². The van der Waals surface area contributed by atoms with Gasteiger partial charge in [-0.1, -0.05) is 24.3 Å². The van der Waals surface area contributed by atoms with E-state index in [1.807, 2.05) is 43.3 Å². The minimum absolute atomic E-state index is 0.292. The maximum Gasteiger partial charge on any atom is 0.289 e. The number of amides is 1. The lowest BCUT2D eigenvalue weighted by Crippen LogP contribution is -2.20. The molecule has 2 N–H and O–H groups in total. The highest BCUT2D eigenvalue weighted by Gasteiger charge is 2.24. The van der Waals surface area contributed by atoms with Crippen molar-refractivity contribution >= 4 is 18.2 Å². The number of nitrogens with one attached hydrogen (secondary N) is 2. The van der Waals surface area contributed by atoms with Gasteiger partial charge in [0.15, 0.2) is 0 Å². The first-order valence-corrected chi connectivity index (χ1v) is 8.43. The van der Waals surface area contributed by atoms with Gasteiger partial charge in [-0.25, -0.2) is 5.43 Å². The van der Waals surface area contributed by atoms with Crippen molar-refractivity contribution in [1.29, 1.82) is 0 Å². The van der Waals surface area contributed by atoms with E-state index in [1.165, 1.54) is 5.56 Å². The fraction of sp³-hybridized carbons (Fsp3) is 0.150. The number of nitrogens with zero attached hydrogens (tertiary/aromatic N) is 2. The zero-order valence-electron chi connectivity index (χ0n) is 14.3. The number of hydrogen-bond acceptors (Lipinski definition) is 4. The molecule has 6 nitrogen and oxygen atoms in total. The van der Waals surface area contributed by atoms with Gasteiger partial charge in [0.25, 0.3) is 5.91 Å². The number of H-pyrrole nitrogens is 1. The summed E-state index contributed by atoms with van der Waals surface area (Å²) >= 11 is 0. The number of fused-ring (bicyclic) bond motifs is 3. The van der Waals surface area contributed by atoms with Gasteiger partial charge < -0.3 is 4.42 Å². The van der Waals surface area contributed by atoms with E-state index >= 15 is 0 Å². The maximum atomic E-state index is 12.5. The molecule has 0 spiro atoms. The molecule has 1 aliphatic carbocycles. The second-order valence-corrected chi connectivity index (χ2v) is 6.19. The minimum atomic E-state index is -0.292. The fourth-order valence-electron chi connectivity index (χ4n) is 3.13. The Kier molecular flexibility index (Phi) is 4.23. The molecule has 2 aromatic heterocycles. The average Bonchev–Trinajstić information content (AvgIpc) is 3.31. The van der Waals surface area contributed by atoms with Crippen LogP contribution in [0.15, 0.2) is 57.8 Å². The first-order valence-electron chi connectivity index (χ1n) is 8.43. The van der Waals surface area contributed by atoms with Crippen LogP contribution in [0, 0.1) is 0 Å². The van der Waals surface area contributed by atoms with E-state index in [2.05, 4.69) is 26.8 Å². The Morgan fingerprint density at radius 1 is 1.27 bits per heavy atom. The molecule has 3 aromatic rings. The summed E-state index contributed by atoms with van der Waals surface area (Å²) in [4.78, 5) is 12.5. The van der Waals surface area contributed by atoms with E-state index in [9.17, 15) is 4.79 Å². The Labute approximate surface area is 150 Å².